The van der Waals surface area contributed by atoms with Crippen LogP contribution < -0.4 is 0 Å². The number of aromatic nitrogens is 2. The second kappa shape index (κ2) is 8.29. The highest BCUT2D eigenvalue weighted by Gasteiger charge is 2.37. The third-order valence-electron chi connectivity index (χ3n) is 4.28. The quantitative estimate of drug-likeness (QED) is 0.560. The van der Waals surface area contributed by atoms with Gasteiger partial charge in [0, 0.05) is 37.4 Å². The fourth-order valence-corrected chi connectivity index (χ4v) is 3.06. The summed E-state index contributed by atoms with van der Waals surface area (Å²) < 4.78 is 54.2. The van der Waals surface area contributed by atoms with Gasteiger partial charge < -0.3 is 0 Å². The Morgan fingerprint density at radius 2 is 1.82 bits per heavy atom. The molecule has 0 N–H and O–H groups in total. The summed E-state index contributed by atoms with van der Waals surface area (Å²) in [6.45, 7) is 0. The van der Waals surface area contributed by atoms with Crippen molar-refractivity contribution in [3.8, 4) is 0 Å². The predicted octanol–water partition coefficient (Wildman–Crippen LogP) is 4.97. The average molecular weight is 388 g/mol. The molecule has 2 heterocycles. The number of carbonyl (C=O) groups excluding carboxylic acids is 1. The Labute approximate surface area is 159 Å². The second-order valence-electron chi connectivity index (χ2n) is 6.32. The molecule has 3 rings (SSSR count). The maximum Gasteiger partial charge on any atom is 0.418 e. The van der Waals surface area contributed by atoms with Crippen LogP contribution in [0.5, 0.6) is 0 Å². The van der Waals surface area contributed by atoms with Crippen molar-refractivity contribution < 1.29 is 22.4 Å². The van der Waals surface area contributed by atoms with Crippen LogP contribution in [0.1, 0.15) is 34.7 Å². The Bertz CT molecular complexity index is 958. The fraction of sp³-hybridized carbons (Fsp3) is 0.190. The van der Waals surface area contributed by atoms with E-state index in [-0.39, 0.29) is 29.9 Å². The number of ketones is 1. The second-order valence-corrected chi connectivity index (χ2v) is 6.32. The van der Waals surface area contributed by atoms with Crippen molar-refractivity contribution in [3.05, 3.63) is 95.3 Å². The number of benzene rings is 1. The van der Waals surface area contributed by atoms with Crippen LogP contribution in [0, 0.1) is 5.82 Å². The molecule has 0 amide bonds. The highest BCUT2D eigenvalue weighted by molar-refractivity contribution is 5.82. The Morgan fingerprint density at radius 3 is 2.50 bits per heavy atom. The first-order chi connectivity index (χ1) is 13.3. The molecule has 0 fully saturated rings. The lowest BCUT2D eigenvalue weighted by Crippen LogP contribution is -2.18. The lowest BCUT2D eigenvalue weighted by Gasteiger charge is -2.21. The maximum absolute atomic E-state index is 13.7. The van der Waals surface area contributed by atoms with Crippen molar-refractivity contribution in [2.45, 2.75) is 24.9 Å². The van der Waals surface area contributed by atoms with Crippen molar-refractivity contribution in [2.75, 3.05) is 0 Å². The van der Waals surface area contributed by atoms with Crippen LogP contribution in [0.3, 0.4) is 0 Å². The van der Waals surface area contributed by atoms with Crippen molar-refractivity contribution in [1.82, 2.24) is 9.97 Å². The number of hydrogen-bond acceptors (Lipinski definition) is 3. The molecule has 3 nitrogen and oxygen atoms in total. The van der Waals surface area contributed by atoms with Gasteiger partial charge >= 0.3 is 6.18 Å². The van der Waals surface area contributed by atoms with Crippen LogP contribution in [-0.4, -0.2) is 15.8 Å². The molecule has 0 saturated heterocycles. The van der Waals surface area contributed by atoms with E-state index in [4.69, 9.17) is 0 Å². The zero-order chi connectivity index (χ0) is 20.1. The number of halogens is 4. The van der Waals surface area contributed by atoms with Crippen LogP contribution in [0.15, 0.2) is 67.1 Å². The van der Waals surface area contributed by atoms with Crippen LogP contribution in [0.25, 0.3) is 0 Å². The van der Waals surface area contributed by atoms with Gasteiger partial charge in [0.05, 0.1) is 11.3 Å². The molecule has 0 aliphatic rings. The summed E-state index contributed by atoms with van der Waals surface area (Å²) in [4.78, 5) is 20.4. The zero-order valence-electron chi connectivity index (χ0n) is 14.7. The van der Waals surface area contributed by atoms with Gasteiger partial charge in [0.2, 0.25) is 0 Å². The molecular formula is C21H16F4N2O. The number of nitrogens with zero attached hydrogens (tertiary/aromatic N) is 2. The van der Waals surface area contributed by atoms with Gasteiger partial charge in [-0.1, -0.05) is 18.2 Å². The Balaban J connectivity index is 1.99. The Morgan fingerprint density at radius 1 is 1.04 bits per heavy atom. The van der Waals surface area contributed by atoms with E-state index in [9.17, 15) is 22.4 Å². The topological polar surface area (TPSA) is 42.9 Å². The van der Waals surface area contributed by atoms with Crippen molar-refractivity contribution in [2.24, 2.45) is 0 Å². The van der Waals surface area contributed by atoms with E-state index in [1.807, 2.05) is 0 Å². The molecule has 7 heteroatoms. The molecule has 1 atom stereocenters. The summed E-state index contributed by atoms with van der Waals surface area (Å²) in [5.74, 6) is -1.90. The number of Topliss-reactive ketones (excluding diaryl/α,β-unsaturated/α-hetero) is 1. The number of hydrogen-bond donors (Lipinski definition) is 0. The SMILES string of the molecule is O=C(Cc1cccnc1)C[C@@H](c1cccc(F)c1)c1ncccc1C(F)(F)F. The van der Waals surface area contributed by atoms with E-state index in [1.54, 1.807) is 18.3 Å². The van der Waals surface area contributed by atoms with Crippen molar-refractivity contribution >= 4 is 5.78 Å². The minimum absolute atomic E-state index is 0.0217. The average Bonchev–Trinajstić information content (AvgIpc) is 2.66. The molecule has 2 aromatic heterocycles. The van der Waals surface area contributed by atoms with Gasteiger partial charge in [0.25, 0.3) is 0 Å². The zero-order valence-corrected chi connectivity index (χ0v) is 14.7. The lowest BCUT2D eigenvalue weighted by molar-refractivity contribution is -0.138. The molecule has 0 spiro atoms. The first-order valence-electron chi connectivity index (χ1n) is 8.53. The van der Waals surface area contributed by atoms with E-state index in [0.717, 1.165) is 12.1 Å². The number of carbonyl (C=O) groups is 1. The van der Waals surface area contributed by atoms with Gasteiger partial charge in [0.1, 0.15) is 11.6 Å². The van der Waals surface area contributed by atoms with E-state index >= 15 is 0 Å². The molecule has 0 radical (unpaired) electrons. The van der Waals surface area contributed by atoms with E-state index in [0.29, 0.717) is 5.56 Å². The van der Waals surface area contributed by atoms with Crippen LogP contribution >= 0.6 is 0 Å². The summed E-state index contributed by atoms with van der Waals surface area (Å²) in [7, 11) is 0. The summed E-state index contributed by atoms with van der Waals surface area (Å²) in [6.07, 6.45) is -0.527. The lowest BCUT2D eigenvalue weighted by atomic mass is 9.86. The molecule has 3 aromatic rings. The van der Waals surface area contributed by atoms with Gasteiger partial charge in [-0.3, -0.25) is 14.8 Å². The molecule has 0 aliphatic heterocycles. The normalized spacial score (nSPS) is 12.6. The Hall–Kier alpha value is -3.09. The van der Waals surface area contributed by atoms with Gasteiger partial charge in [-0.25, -0.2) is 4.39 Å². The molecular weight excluding hydrogens is 372 g/mol. The van der Waals surface area contributed by atoms with E-state index < -0.39 is 23.5 Å². The van der Waals surface area contributed by atoms with Crippen molar-refractivity contribution in [1.29, 1.82) is 0 Å². The summed E-state index contributed by atoms with van der Waals surface area (Å²) >= 11 is 0. The Kier molecular flexibility index (Phi) is 5.82. The largest absolute Gasteiger partial charge is 0.418 e. The number of alkyl halides is 3. The van der Waals surface area contributed by atoms with Gasteiger partial charge in [0.15, 0.2) is 0 Å². The highest BCUT2D eigenvalue weighted by atomic mass is 19.4. The van der Waals surface area contributed by atoms with Crippen LogP contribution in [0.4, 0.5) is 17.6 Å². The summed E-state index contributed by atoms with van der Waals surface area (Å²) in [5.41, 5.74) is -0.301. The van der Waals surface area contributed by atoms with Crippen molar-refractivity contribution in [3.63, 3.8) is 0 Å². The number of pyridine rings is 2. The first kappa shape index (κ1) is 19.7. The monoisotopic (exact) mass is 388 g/mol. The van der Waals surface area contributed by atoms with Gasteiger partial charge in [-0.15, -0.1) is 0 Å². The third kappa shape index (κ3) is 4.79. The smallest absolute Gasteiger partial charge is 0.299 e. The summed E-state index contributed by atoms with van der Waals surface area (Å²) in [5, 5.41) is 0. The van der Waals surface area contributed by atoms with E-state index in [2.05, 4.69) is 9.97 Å². The molecule has 0 unspecified atom stereocenters. The maximum atomic E-state index is 13.7. The van der Waals surface area contributed by atoms with Crippen LogP contribution in [0.2, 0.25) is 0 Å². The third-order valence-corrected chi connectivity index (χ3v) is 4.28. The minimum Gasteiger partial charge on any atom is -0.299 e. The molecule has 28 heavy (non-hydrogen) atoms. The highest BCUT2D eigenvalue weighted by Crippen LogP contribution is 2.38. The standard InChI is InChI=1S/C21H16F4N2O/c22-16-6-1-5-15(11-16)18(12-17(28)10-14-4-2-8-26-13-14)20-19(21(23,24)25)7-3-9-27-20/h1-9,11,13,18H,10,12H2/t18-/m0/s1. The molecule has 0 aliphatic carbocycles. The molecule has 144 valence electrons. The minimum atomic E-state index is -4.64. The van der Waals surface area contributed by atoms with Gasteiger partial charge in [-0.2, -0.15) is 13.2 Å². The predicted molar refractivity (Wildman–Crippen MR) is 95.0 cm³/mol. The molecule has 1 aromatic carbocycles. The van der Waals surface area contributed by atoms with Gasteiger partial charge in [-0.05, 0) is 41.5 Å². The fourth-order valence-electron chi connectivity index (χ4n) is 3.06. The summed E-state index contributed by atoms with van der Waals surface area (Å²) in [6, 6.07) is 10.7. The van der Waals surface area contributed by atoms with E-state index in [1.165, 1.54) is 36.7 Å². The molecule has 0 saturated carbocycles. The molecule has 0 bridgehead atoms. The number of rotatable bonds is 6. The first-order valence-corrected chi connectivity index (χ1v) is 8.53. The van der Waals surface area contributed by atoms with Crippen LogP contribution in [-0.2, 0) is 17.4 Å².